The highest BCUT2D eigenvalue weighted by Gasteiger charge is 2.29. The molecule has 0 aromatic carbocycles. The van der Waals surface area contributed by atoms with Crippen LogP contribution in [0, 0.1) is 18.3 Å². The Labute approximate surface area is 143 Å². The molecule has 1 amide bonds. The summed E-state index contributed by atoms with van der Waals surface area (Å²) < 4.78 is 42.1. The van der Waals surface area contributed by atoms with Crippen LogP contribution in [-0.4, -0.2) is 73.2 Å². The zero-order chi connectivity index (χ0) is 18.6. The van der Waals surface area contributed by atoms with Crippen molar-refractivity contribution in [3.05, 3.63) is 11.6 Å². The van der Waals surface area contributed by atoms with Gasteiger partial charge in [-0.2, -0.15) is 18.4 Å². The molecule has 1 fully saturated rings. The van der Waals surface area contributed by atoms with E-state index in [0.717, 1.165) is 0 Å². The highest BCUT2D eigenvalue weighted by atomic mass is 19.4. The summed E-state index contributed by atoms with van der Waals surface area (Å²) in [4.78, 5) is 21.0. The fraction of sp³-hybridized carbons (Fsp3) is 0.667. The van der Waals surface area contributed by atoms with Crippen molar-refractivity contribution in [3.8, 4) is 6.07 Å². The second-order valence-electron chi connectivity index (χ2n) is 5.97. The lowest BCUT2D eigenvalue weighted by Gasteiger charge is -2.35. The van der Waals surface area contributed by atoms with Gasteiger partial charge >= 0.3 is 6.18 Å². The van der Waals surface area contributed by atoms with Gasteiger partial charge in [-0.1, -0.05) is 0 Å². The number of alkyl halides is 3. The Kier molecular flexibility index (Phi) is 5.89. The summed E-state index contributed by atoms with van der Waals surface area (Å²) in [6.45, 7) is 3.16. The maximum atomic E-state index is 12.2. The number of halogens is 3. The number of hydrogen-bond acceptors (Lipinski definition) is 6. The lowest BCUT2D eigenvalue weighted by atomic mass is 10.3. The molecule has 138 valence electrons. The predicted molar refractivity (Wildman–Crippen MR) is 82.9 cm³/mol. The zero-order valence-electron chi connectivity index (χ0n) is 14.1. The van der Waals surface area contributed by atoms with Crippen LogP contribution in [0.3, 0.4) is 0 Å². The number of rotatable bonds is 5. The third-order valence-corrected chi connectivity index (χ3v) is 3.92. The average molecular weight is 359 g/mol. The Balaban J connectivity index is 1.83. The van der Waals surface area contributed by atoms with Crippen LogP contribution in [0.5, 0.6) is 0 Å². The van der Waals surface area contributed by atoms with Crippen molar-refractivity contribution in [3.63, 3.8) is 0 Å². The molecule has 0 N–H and O–H groups in total. The number of nitrogens with zero attached hydrogens (tertiary/aromatic N) is 5. The third-order valence-electron chi connectivity index (χ3n) is 3.92. The second kappa shape index (κ2) is 7.74. The van der Waals surface area contributed by atoms with Gasteiger partial charge in [0.1, 0.15) is 6.07 Å². The number of carbonyl (C=O) groups is 1. The normalized spacial score (nSPS) is 15.6. The van der Waals surface area contributed by atoms with Crippen molar-refractivity contribution in [2.45, 2.75) is 19.5 Å². The minimum atomic E-state index is -4.23. The van der Waals surface area contributed by atoms with Crippen LogP contribution >= 0.6 is 0 Å². The highest BCUT2D eigenvalue weighted by Crippen LogP contribution is 2.23. The van der Waals surface area contributed by atoms with Crippen LogP contribution in [0.4, 0.5) is 19.1 Å². The number of likely N-dealkylation sites (N-methyl/N-ethyl adjacent to an activating group) is 1. The van der Waals surface area contributed by atoms with E-state index in [4.69, 9.17) is 9.68 Å². The van der Waals surface area contributed by atoms with Crippen molar-refractivity contribution in [1.82, 2.24) is 14.8 Å². The Morgan fingerprint density at radius 2 is 2.00 bits per heavy atom. The maximum absolute atomic E-state index is 12.2. The quantitative estimate of drug-likeness (QED) is 0.791. The molecule has 1 aromatic rings. The first kappa shape index (κ1) is 19.1. The fourth-order valence-electron chi connectivity index (χ4n) is 2.59. The van der Waals surface area contributed by atoms with Crippen LogP contribution in [0.15, 0.2) is 4.42 Å². The summed E-state index contributed by atoms with van der Waals surface area (Å²) in [5, 5.41) is 9.06. The van der Waals surface area contributed by atoms with Gasteiger partial charge in [0.15, 0.2) is 5.89 Å². The van der Waals surface area contributed by atoms with Gasteiger partial charge in [0, 0.05) is 39.6 Å². The molecule has 1 aliphatic heterocycles. The van der Waals surface area contributed by atoms with Crippen molar-refractivity contribution in [2.75, 3.05) is 51.2 Å². The summed E-state index contributed by atoms with van der Waals surface area (Å²) in [7, 11) is 1.50. The number of carbonyl (C=O) groups excluding carboxylic acids is 1. The Bertz CT molecular complexity index is 645. The standard InChI is InChI=1S/C15H20F3N5O2/c1-11-20-12(9-19)14(25-11)23-7-5-22(6-8-23)13(24)10-21(2)4-3-15(16,17)18/h3-8,10H2,1-2H3. The van der Waals surface area contributed by atoms with E-state index in [1.165, 1.54) is 11.9 Å². The van der Waals surface area contributed by atoms with E-state index < -0.39 is 12.6 Å². The zero-order valence-corrected chi connectivity index (χ0v) is 14.1. The number of anilines is 1. The molecule has 0 bridgehead atoms. The van der Waals surface area contributed by atoms with Gasteiger partial charge in [-0.3, -0.25) is 9.69 Å². The molecule has 1 aromatic heterocycles. The molecule has 0 spiro atoms. The van der Waals surface area contributed by atoms with Crippen molar-refractivity contribution in [2.24, 2.45) is 0 Å². The van der Waals surface area contributed by atoms with E-state index in [2.05, 4.69) is 4.98 Å². The first-order valence-corrected chi connectivity index (χ1v) is 7.85. The molecular formula is C15H20F3N5O2. The summed E-state index contributed by atoms with van der Waals surface area (Å²) in [6, 6.07) is 1.97. The van der Waals surface area contributed by atoms with Gasteiger partial charge in [0.2, 0.25) is 17.5 Å². The number of aromatic nitrogens is 1. The van der Waals surface area contributed by atoms with Gasteiger partial charge in [0.05, 0.1) is 13.0 Å². The smallest absolute Gasteiger partial charge is 0.390 e. The van der Waals surface area contributed by atoms with Crippen LogP contribution in [0.1, 0.15) is 18.0 Å². The molecule has 0 aliphatic carbocycles. The second-order valence-corrected chi connectivity index (χ2v) is 5.97. The molecule has 0 radical (unpaired) electrons. The average Bonchev–Trinajstić information content (AvgIpc) is 2.93. The van der Waals surface area contributed by atoms with E-state index in [9.17, 15) is 18.0 Å². The highest BCUT2D eigenvalue weighted by molar-refractivity contribution is 5.78. The number of hydrogen-bond donors (Lipinski definition) is 0. The minimum Gasteiger partial charge on any atom is -0.424 e. The van der Waals surface area contributed by atoms with Gasteiger partial charge in [-0.15, -0.1) is 0 Å². The third kappa shape index (κ3) is 5.35. The first-order chi connectivity index (χ1) is 11.7. The van der Waals surface area contributed by atoms with Gasteiger partial charge in [-0.05, 0) is 7.05 Å². The number of piperazine rings is 1. The van der Waals surface area contributed by atoms with E-state index in [0.29, 0.717) is 38.0 Å². The molecule has 2 rings (SSSR count). The van der Waals surface area contributed by atoms with Gasteiger partial charge in [-0.25, -0.2) is 4.98 Å². The number of aryl methyl sites for hydroxylation is 1. The largest absolute Gasteiger partial charge is 0.424 e. The maximum Gasteiger partial charge on any atom is 0.390 e. The van der Waals surface area contributed by atoms with E-state index in [1.54, 1.807) is 11.8 Å². The molecule has 7 nitrogen and oxygen atoms in total. The molecule has 0 saturated carbocycles. The van der Waals surface area contributed by atoms with Crippen molar-refractivity contribution >= 4 is 11.8 Å². The Morgan fingerprint density at radius 1 is 1.36 bits per heavy atom. The van der Waals surface area contributed by atoms with Crippen LogP contribution in [-0.2, 0) is 4.79 Å². The summed E-state index contributed by atoms with van der Waals surface area (Å²) >= 11 is 0. The number of amides is 1. The predicted octanol–water partition coefficient (Wildman–Crippen LogP) is 1.39. The minimum absolute atomic E-state index is 0.0546. The lowest BCUT2D eigenvalue weighted by molar-refractivity contribution is -0.141. The fourth-order valence-corrected chi connectivity index (χ4v) is 2.59. The lowest BCUT2D eigenvalue weighted by Crippen LogP contribution is -2.51. The van der Waals surface area contributed by atoms with Crippen LogP contribution in [0.2, 0.25) is 0 Å². The Hall–Kier alpha value is -2.28. The monoisotopic (exact) mass is 359 g/mol. The summed E-state index contributed by atoms with van der Waals surface area (Å²) in [5.41, 5.74) is 0.212. The van der Waals surface area contributed by atoms with E-state index in [-0.39, 0.29) is 24.7 Å². The van der Waals surface area contributed by atoms with Crippen LogP contribution < -0.4 is 4.90 Å². The summed E-state index contributed by atoms with van der Waals surface area (Å²) in [6.07, 6.45) is -5.16. The molecule has 2 heterocycles. The molecule has 0 atom stereocenters. The molecule has 10 heteroatoms. The van der Waals surface area contributed by atoms with E-state index >= 15 is 0 Å². The summed E-state index contributed by atoms with van der Waals surface area (Å²) in [5.74, 6) is 0.587. The Morgan fingerprint density at radius 3 is 2.56 bits per heavy atom. The van der Waals surface area contributed by atoms with Gasteiger partial charge in [0.25, 0.3) is 0 Å². The van der Waals surface area contributed by atoms with Crippen molar-refractivity contribution in [1.29, 1.82) is 5.26 Å². The molecule has 1 aliphatic rings. The van der Waals surface area contributed by atoms with Gasteiger partial charge < -0.3 is 14.2 Å². The topological polar surface area (TPSA) is 76.6 Å². The molecule has 1 saturated heterocycles. The van der Waals surface area contributed by atoms with Crippen LogP contribution in [0.25, 0.3) is 0 Å². The SMILES string of the molecule is Cc1nc(C#N)c(N2CCN(C(=O)CN(C)CCC(F)(F)F)CC2)o1. The molecule has 0 unspecified atom stereocenters. The van der Waals surface area contributed by atoms with E-state index in [1.807, 2.05) is 11.0 Å². The molecular weight excluding hydrogens is 339 g/mol. The van der Waals surface area contributed by atoms with Crippen molar-refractivity contribution < 1.29 is 22.4 Å². The molecule has 25 heavy (non-hydrogen) atoms. The first-order valence-electron chi connectivity index (χ1n) is 7.85. The number of nitriles is 1. The number of oxazole rings is 1.